The summed E-state index contributed by atoms with van der Waals surface area (Å²) in [4.78, 5) is 150. The first kappa shape index (κ1) is 74.1. The maximum Gasteiger partial charge on any atom is 0.325 e. The Morgan fingerprint density at radius 3 is 1.62 bits per heavy atom. The van der Waals surface area contributed by atoms with Crippen molar-refractivity contribution in [3.05, 3.63) is 65.9 Å². The molecule has 1 aromatic heterocycles. The molecule has 0 spiro atoms. The highest BCUT2D eigenvalue weighted by Crippen LogP contribution is 2.21. The van der Waals surface area contributed by atoms with Gasteiger partial charge in [-0.05, 0) is 87.4 Å². The summed E-state index contributed by atoms with van der Waals surface area (Å²) in [6.07, 6.45) is 14.4. The van der Waals surface area contributed by atoms with Gasteiger partial charge in [0.1, 0.15) is 42.0 Å². The topological polar surface area (TPSA) is 430 Å². The lowest BCUT2D eigenvalue weighted by molar-refractivity contribution is -0.142. The minimum Gasteiger partial charge on any atom is -0.508 e. The lowest BCUT2D eigenvalue weighted by atomic mass is 9.90. The van der Waals surface area contributed by atoms with Crippen molar-refractivity contribution in [2.45, 2.75) is 192 Å². The Bertz CT molecular complexity index is 2720. The Hall–Kier alpha value is -8.13. The number of aromatic amines is 1. The predicted molar refractivity (Wildman–Crippen MR) is 332 cm³/mol. The van der Waals surface area contributed by atoms with Crippen molar-refractivity contribution in [1.82, 2.24) is 52.8 Å². The third-order valence-electron chi connectivity index (χ3n) is 15.3. The number of nitrogens with one attached hydrogen (secondary N) is 10. The van der Waals surface area contributed by atoms with Crippen molar-refractivity contribution in [2.75, 3.05) is 32.7 Å². The number of unbranched alkanes of at least 4 members (excludes halogenated alkanes) is 10. The average Bonchev–Trinajstić information content (AvgIpc) is 2.20. The summed E-state index contributed by atoms with van der Waals surface area (Å²) in [5.41, 5.74) is 19.2. The van der Waals surface area contributed by atoms with E-state index in [4.69, 9.17) is 17.2 Å². The zero-order valence-corrected chi connectivity index (χ0v) is 51.6. The monoisotopic (exact) mass is 1230 g/mol. The van der Waals surface area contributed by atoms with Crippen LogP contribution in [0.15, 0.2) is 54.7 Å². The van der Waals surface area contributed by atoms with Crippen molar-refractivity contribution in [3.63, 3.8) is 0 Å². The highest BCUT2D eigenvalue weighted by molar-refractivity contribution is 5.98. The molecule has 0 radical (unpaired) electrons. The molecular weight excluding hydrogens is 1130 g/mol. The van der Waals surface area contributed by atoms with Crippen LogP contribution in [0.1, 0.15) is 154 Å². The number of carbonyl (C=O) groups is 11. The van der Waals surface area contributed by atoms with Gasteiger partial charge in [0.2, 0.25) is 59.1 Å². The molecule has 2 aromatic carbocycles. The van der Waals surface area contributed by atoms with E-state index >= 15 is 0 Å². The molecule has 488 valence electrons. The molecule has 0 aliphatic heterocycles. The van der Waals surface area contributed by atoms with Gasteiger partial charge in [0.05, 0.1) is 25.4 Å². The molecule has 10 amide bonds. The number of phenols is 1. The van der Waals surface area contributed by atoms with Crippen molar-refractivity contribution in [1.29, 1.82) is 0 Å². The zero-order valence-electron chi connectivity index (χ0n) is 51.6. The molecule has 0 saturated carbocycles. The second kappa shape index (κ2) is 41.1. The van der Waals surface area contributed by atoms with Crippen molar-refractivity contribution < 1.29 is 63.0 Å². The molecule has 0 aliphatic carbocycles. The molecule has 26 nitrogen and oxygen atoms in total. The van der Waals surface area contributed by atoms with Gasteiger partial charge in [0.15, 0.2) is 0 Å². The number of fused-ring (bicyclic) bond motifs is 1. The molecule has 0 aliphatic rings. The van der Waals surface area contributed by atoms with Gasteiger partial charge in [-0.15, -0.1) is 0 Å². The van der Waals surface area contributed by atoms with Crippen LogP contribution >= 0.6 is 0 Å². The standard InChI is InChI=1S/C62H97N13O13/c1-5-7-8-9-10-11-12-13-14-15-16-25-53(78)71-50(33-42-35-66-46-22-18-17-21-44(42)46)57(82)69-38-55(80)68-37-54(79)67-36-45(39(3)6-2)56(81)72-47(23-19-30-63)58(83)73-48(24-20-31-64)59(84)75-51(34-52(65)77)61(86)74-49(60(85)70-40(4)62(87)88)32-41-26-28-43(76)29-27-41/h17-18,21-22,26-29,35,39-40,45,47-51,66,76H,5-16,19-20,23-25,30-34,36-38,63-64H2,1-4H3,(H2,65,77)(H,67,79)(H,68,80)(H,69,82)(H,70,85)(H,71,78)(H,72,81)(H,73,83)(H,74,86)(H,75,84)(H,87,88)/t39-,40-,45-,47-,48-,49-,50-,51-/m1/s1. The first-order valence-corrected chi connectivity index (χ1v) is 31.0. The van der Waals surface area contributed by atoms with Crippen LogP contribution in [0.5, 0.6) is 5.75 Å². The third kappa shape index (κ3) is 28.1. The number of carbonyl (C=O) groups excluding carboxylic acids is 10. The first-order chi connectivity index (χ1) is 42.1. The summed E-state index contributed by atoms with van der Waals surface area (Å²) in [5.74, 6) is -10.4. The Morgan fingerprint density at radius 2 is 1.05 bits per heavy atom. The van der Waals surface area contributed by atoms with Gasteiger partial charge in [0, 0.05) is 42.9 Å². The number of aliphatic carboxylic acids is 1. The highest BCUT2D eigenvalue weighted by atomic mass is 16.4. The van der Waals surface area contributed by atoms with Gasteiger partial charge in [-0.25, -0.2) is 0 Å². The quantitative estimate of drug-likeness (QED) is 0.0359. The lowest BCUT2D eigenvalue weighted by Crippen LogP contribution is -2.59. The number of aromatic nitrogens is 1. The number of para-hydroxylation sites is 1. The zero-order chi connectivity index (χ0) is 65.0. The summed E-state index contributed by atoms with van der Waals surface area (Å²) in [6, 6.07) is 4.94. The SMILES string of the molecule is CCCCCCCCCCCCCC(=O)N[C@H](Cc1c[nH]c2ccccc12)C(=O)NCC(=O)NCC(=O)NC[C@@H](C(=O)N[C@H](CCCN)C(=O)N[C@H](CCCN)C(=O)N[C@H](CC(N)=O)C(=O)N[C@H](Cc1ccc(O)cc1)C(=O)N[C@H](C)C(=O)O)[C@H](C)CC. The van der Waals surface area contributed by atoms with Gasteiger partial charge in [-0.2, -0.15) is 0 Å². The molecule has 3 rings (SSSR count). The van der Waals surface area contributed by atoms with E-state index in [2.05, 4.69) is 59.8 Å². The van der Waals surface area contributed by atoms with Gasteiger partial charge < -0.3 is 80.2 Å². The largest absolute Gasteiger partial charge is 0.508 e. The van der Waals surface area contributed by atoms with E-state index in [0.717, 1.165) is 35.7 Å². The Morgan fingerprint density at radius 1 is 0.534 bits per heavy atom. The number of carboxylic acids is 1. The minimum atomic E-state index is -1.71. The van der Waals surface area contributed by atoms with E-state index in [-0.39, 0.29) is 82.2 Å². The molecule has 88 heavy (non-hydrogen) atoms. The Labute approximate surface area is 515 Å². The molecule has 3 aromatic rings. The molecule has 0 unspecified atom stereocenters. The molecule has 18 N–H and O–H groups in total. The molecule has 1 heterocycles. The fourth-order valence-electron chi connectivity index (χ4n) is 9.74. The normalized spacial score (nSPS) is 13.8. The van der Waals surface area contributed by atoms with E-state index < -0.39 is 121 Å². The van der Waals surface area contributed by atoms with E-state index in [9.17, 15) is 63.0 Å². The first-order valence-electron chi connectivity index (χ1n) is 31.0. The van der Waals surface area contributed by atoms with Gasteiger partial charge in [0.25, 0.3) is 0 Å². The number of carboxylic acid groups (broad SMARTS) is 1. The number of amides is 10. The van der Waals surface area contributed by atoms with Crippen LogP contribution in [0.3, 0.4) is 0 Å². The summed E-state index contributed by atoms with van der Waals surface area (Å²) in [6.45, 7) is 5.95. The Balaban J connectivity index is 1.64. The summed E-state index contributed by atoms with van der Waals surface area (Å²) >= 11 is 0. The number of phenolic OH excluding ortho intramolecular Hbond substituents is 1. The van der Waals surface area contributed by atoms with Crippen molar-refractivity contribution >= 4 is 75.9 Å². The third-order valence-corrected chi connectivity index (χ3v) is 15.3. The maximum absolute atomic E-state index is 14.1. The summed E-state index contributed by atoms with van der Waals surface area (Å²) in [7, 11) is 0. The second-order valence-electron chi connectivity index (χ2n) is 22.5. The number of primary amides is 1. The minimum absolute atomic E-state index is 0.00866. The smallest absolute Gasteiger partial charge is 0.325 e. The van der Waals surface area contributed by atoms with Crippen molar-refractivity contribution in [2.24, 2.45) is 29.0 Å². The van der Waals surface area contributed by atoms with E-state index in [0.29, 0.717) is 18.4 Å². The van der Waals surface area contributed by atoms with E-state index in [1.54, 1.807) is 13.1 Å². The van der Waals surface area contributed by atoms with Crippen LogP contribution in [0.2, 0.25) is 0 Å². The van der Waals surface area contributed by atoms with Gasteiger partial charge in [-0.1, -0.05) is 122 Å². The van der Waals surface area contributed by atoms with Crippen LogP contribution in [0.25, 0.3) is 10.9 Å². The van der Waals surface area contributed by atoms with E-state index in [1.807, 2.05) is 31.2 Å². The molecular formula is C62H97N13O13. The van der Waals surface area contributed by atoms with E-state index in [1.165, 1.54) is 76.1 Å². The van der Waals surface area contributed by atoms with Crippen LogP contribution in [0, 0.1) is 11.8 Å². The van der Waals surface area contributed by atoms with Crippen LogP contribution in [0.4, 0.5) is 0 Å². The number of hydrogen-bond donors (Lipinski definition) is 15. The van der Waals surface area contributed by atoms with Gasteiger partial charge in [-0.3, -0.25) is 52.7 Å². The molecule has 0 bridgehead atoms. The van der Waals surface area contributed by atoms with Crippen molar-refractivity contribution in [3.8, 4) is 5.75 Å². The predicted octanol–water partition coefficient (Wildman–Crippen LogP) is 1.74. The fraction of sp³-hybridized carbons (Fsp3) is 0.597. The van der Waals surface area contributed by atoms with Gasteiger partial charge >= 0.3 is 5.97 Å². The number of rotatable bonds is 45. The second-order valence-corrected chi connectivity index (χ2v) is 22.5. The van der Waals surface area contributed by atoms with Crippen LogP contribution in [-0.4, -0.2) is 149 Å². The molecule has 0 saturated heterocycles. The Kier molecular flexibility index (Phi) is 34.6. The number of aromatic hydroxyl groups is 1. The fourth-order valence-corrected chi connectivity index (χ4v) is 9.74. The average molecular weight is 1230 g/mol. The molecule has 26 heteroatoms. The summed E-state index contributed by atoms with van der Waals surface area (Å²) < 4.78 is 0. The number of H-pyrrole nitrogens is 1. The lowest BCUT2D eigenvalue weighted by Gasteiger charge is -2.28. The molecule has 0 fully saturated rings. The summed E-state index contributed by atoms with van der Waals surface area (Å²) in [5, 5.41) is 43.2. The van der Waals surface area contributed by atoms with Crippen LogP contribution < -0.4 is 65.1 Å². The molecule has 8 atom stereocenters. The highest BCUT2D eigenvalue weighted by Gasteiger charge is 2.34. The van der Waals surface area contributed by atoms with Crippen LogP contribution in [-0.2, 0) is 65.6 Å². The maximum atomic E-state index is 14.1. The number of hydrogen-bond acceptors (Lipinski definition) is 14. The number of nitrogens with two attached hydrogens (primary N) is 3. The number of benzene rings is 2.